The molecule has 1 aromatic heterocycles. The van der Waals surface area contributed by atoms with E-state index in [0.29, 0.717) is 6.42 Å². The third-order valence-corrected chi connectivity index (χ3v) is 1.97. The average molecular weight is 196 g/mol. The van der Waals surface area contributed by atoms with Crippen LogP contribution in [0.15, 0.2) is 0 Å². The second-order valence-corrected chi connectivity index (χ2v) is 3.63. The van der Waals surface area contributed by atoms with Crippen molar-refractivity contribution in [3.8, 4) is 0 Å². The van der Waals surface area contributed by atoms with Crippen molar-refractivity contribution in [1.29, 1.82) is 0 Å². The molecule has 78 valence electrons. The minimum atomic E-state index is -0.201. The molecule has 1 heterocycles. The lowest BCUT2D eigenvalue weighted by Gasteiger charge is -2.07. The summed E-state index contributed by atoms with van der Waals surface area (Å²) in [7, 11) is 0. The van der Waals surface area contributed by atoms with E-state index in [0.717, 1.165) is 17.0 Å². The Morgan fingerprint density at radius 3 is 2.57 bits per heavy atom. The molecule has 1 N–H and O–H groups in total. The van der Waals surface area contributed by atoms with Gasteiger partial charge in [-0.2, -0.15) is 5.10 Å². The van der Waals surface area contributed by atoms with E-state index in [9.17, 15) is 4.79 Å². The summed E-state index contributed by atoms with van der Waals surface area (Å²) in [5.74, 6) is -0.201. The van der Waals surface area contributed by atoms with E-state index in [1.54, 1.807) is 0 Å². The number of hydrogen-bond acceptors (Lipinski definition) is 3. The fourth-order valence-corrected chi connectivity index (χ4v) is 1.28. The first-order valence-electron chi connectivity index (χ1n) is 4.70. The third-order valence-electron chi connectivity index (χ3n) is 1.97. The van der Waals surface area contributed by atoms with E-state index in [-0.39, 0.29) is 12.1 Å². The lowest BCUT2D eigenvalue weighted by molar-refractivity contribution is -0.146. The van der Waals surface area contributed by atoms with E-state index in [2.05, 4.69) is 10.2 Å². The molecule has 0 aliphatic rings. The summed E-state index contributed by atoms with van der Waals surface area (Å²) in [5, 5.41) is 6.85. The minimum absolute atomic E-state index is 0.0602. The van der Waals surface area contributed by atoms with Crippen molar-refractivity contribution in [3.05, 3.63) is 17.0 Å². The highest BCUT2D eigenvalue weighted by molar-refractivity contribution is 5.73. The van der Waals surface area contributed by atoms with Gasteiger partial charge in [0.25, 0.3) is 0 Å². The number of ether oxygens (including phenoxy) is 1. The number of rotatable bonds is 3. The van der Waals surface area contributed by atoms with Gasteiger partial charge in [-0.1, -0.05) is 0 Å². The van der Waals surface area contributed by atoms with Gasteiger partial charge in [-0.3, -0.25) is 9.89 Å². The molecule has 0 amide bonds. The van der Waals surface area contributed by atoms with Crippen molar-refractivity contribution in [1.82, 2.24) is 10.2 Å². The van der Waals surface area contributed by atoms with E-state index in [4.69, 9.17) is 4.74 Å². The molecule has 0 aromatic carbocycles. The van der Waals surface area contributed by atoms with Gasteiger partial charge in [-0.05, 0) is 27.7 Å². The Bertz CT molecular complexity index is 309. The first-order valence-corrected chi connectivity index (χ1v) is 4.70. The topological polar surface area (TPSA) is 55.0 Å². The van der Waals surface area contributed by atoms with Gasteiger partial charge in [0, 0.05) is 11.3 Å². The molecule has 4 heteroatoms. The van der Waals surface area contributed by atoms with Crippen LogP contribution in [-0.2, 0) is 16.0 Å². The molecule has 14 heavy (non-hydrogen) atoms. The number of H-pyrrole nitrogens is 1. The monoisotopic (exact) mass is 196 g/mol. The van der Waals surface area contributed by atoms with E-state index < -0.39 is 0 Å². The second kappa shape index (κ2) is 4.26. The number of carbonyl (C=O) groups excluding carboxylic acids is 1. The zero-order chi connectivity index (χ0) is 10.7. The molecule has 0 spiro atoms. The van der Waals surface area contributed by atoms with E-state index in [1.807, 2.05) is 27.7 Å². The number of nitrogens with one attached hydrogen (secondary N) is 1. The molecular formula is C10H16N2O2. The van der Waals surface area contributed by atoms with Crippen molar-refractivity contribution >= 4 is 5.97 Å². The summed E-state index contributed by atoms with van der Waals surface area (Å²) in [6.07, 6.45) is 0.238. The molecule has 0 bridgehead atoms. The maximum absolute atomic E-state index is 11.4. The summed E-state index contributed by atoms with van der Waals surface area (Å²) < 4.78 is 5.05. The molecular weight excluding hydrogens is 180 g/mol. The van der Waals surface area contributed by atoms with Crippen LogP contribution in [0.5, 0.6) is 0 Å². The number of aryl methyl sites for hydroxylation is 2. The van der Waals surface area contributed by atoms with E-state index >= 15 is 0 Å². The molecule has 0 aliphatic heterocycles. The lowest BCUT2D eigenvalue weighted by atomic mass is 10.1. The number of carbonyl (C=O) groups is 1. The Kier molecular flexibility index (Phi) is 3.28. The molecule has 0 saturated heterocycles. The van der Waals surface area contributed by atoms with Gasteiger partial charge in [0.05, 0.1) is 18.2 Å². The first kappa shape index (κ1) is 10.8. The van der Waals surface area contributed by atoms with Crippen LogP contribution in [-0.4, -0.2) is 22.3 Å². The number of hydrogen-bond donors (Lipinski definition) is 1. The standard InChI is InChI=1S/C10H16N2O2/c1-6(2)14-10(13)5-9-7(3)11-12-8(9)4/h6H,5H2,1-4H3,(H,11,12). The highest BCUT2D eigenvalue weighted by Crippen LogP contribution is 2.10. The number of nitrogens with zero attached hydrogens (tertiary/aromatic N) is 1. The van der Waals surface area contributed by atoms with Crippen LogP contribution in [0.4, 0.5) is 0 Å². The molecule has 0 aliphatic carbocycles. The molecule has 1 rings (SSSR count). The molecule has 0 atom stereocenters. The quantitative estimate of drug-likeness (QED) is 0.746. The summed E-state index contributed by atoms with van der Waals surface area (Å²) in [6.45, 7) is 7.46. The van der Waals surface area contributed by atoms with E-state index in [1.165, 1.54) is 0 Å². The number of aromatic amines is 1. The number of aromatic nitrogens is 2. The van der Waals surface area contributed by atoms with Gasteiger partial charge in [0.15, 0.2) is 0 Å². The fraction of sp³-hybridized carbons (Fsp3) is 0.600. The Morgan fingerprint density at radius 2 is 2.14 bits per heavy atom. The van der Waals surface area contributed by atoms with Crippen molar-refractivity contribution in [2.24, 2.45) is 0 Å². The summed E-state index contributed by atoms with van der Waals surface area (Å²) in [4.78, 5) is 11.4. The summed E-state index contributed by atoms with van der Waals surface area (Å²) in [6, 6.07) is 0. The molecule has 0 unspecified atom stereocenters. The number of esters is 1. The Labute approximate surface area is 83.7 Å². The SMILES string of the molecule is Cc1n[nH]c(C)c1CC(=O)OC(C)C. The van der Waals surface area contributed by atoms with Gasteiger partial charge in [0.1, 0.15) is 0 Å². The van der Waals surface area contributed by atoms with Gasteiger partial charge in [-0.25, -0.2) is 0 Å². The average Bonchev–Trinajstić information content (AvgIpc) is 2.34. The molecule has 0 radical (unpaired) electrons. The molecule has 0 fully saturated rings. The molecule has 0 saturated carbocycles. The minimum Gasteiger partial charge on any atom is -0.463 e. The molecule has 4 nitrogen and oxygen atoms in total. The normalized spacial score (nSPS) is 10.6. The largest absolute Gasteiger partial charge is 0.463 e. The van der Waals surface area contributed by atoms with Crippen LogP contribution in [0.3, 0.4) is 0 Å². The van der Waals surface area contributed by atoms with Gasteiger partial charge in [0.2, 0.25) is 0 Å². The highest BCUT2D eigenvalue weighted by atomic mass is 16.5. The lowest BCUT2D eigenvalue weighted by Crippen LogP contribution is -2.14. The zero-order valence-corrected chi connectivity index (χ0v) is 9.05. The van der Waals surface area contributed by atoms with Crippen molar-refractivity contribution in [2.75, 3.05) is 0 Å². The highest BCUT2D eigenvalue weighted by Gasteiger charge is 2.13. The fourth-order valence-electron chi connectivity index (χ4n) is 1.28. The predicted molar refractivity (Wildman–Crippen MR) is 53.0 cm³/mol. The van der Waals surface area contributed by atoms with Gasteiger partial charge >= 0.3 is 5.97 Å². The van der Waals surface area contributed by atoms with Crippen LogP contribution in [0.25, 0.3) is 0 Å². The van der Waals surface area contributed by atoms with Crippen LogP contribution < -0.4 is 0 Å². The predicted octanol–water partition coefficient (Wildman–Crippen LogP) is 1.52. The Morgan fingerprint density at radius 1 is 1.50 bits per heavy atom. The smallest absolute Gasteiger partial charge is 0.310 e. The second-order valence-electron chi connectivity index (χ2n) is 3.63. The zero-order valence-electron chi connectivity index (χ0n) is 9.05. The van der Waals surface area contributed by atoms with Crippen molar-refractivity contribution in [2.45, 2.75) is 40.2 Å². The summed E-state index contributed by atoms with van der Waals surface area (Å²) in [5.41, 5.74) is 2.74. The van der Waals surface area contributed by atoms with Crippen LogP contribution >= 0.6 is 0 Å². The third kappa shape index (κ3) is 2.58. The van der Waals surface area contributed by atoms with Gasteiger partial charge in [-0.15, -0.1) is 0 Å². The Balaban J connectivity index is 2.64. The van der Waals surface area contributed by atoms with Crippen molar-refractivity contribution < 1.29 is 9.53 Å². The van der Waals surface area contributed by atoms with Crippen LogP contribution in [0.1, 0.15) is 30.8 Å². The summed E-state index contributed by atoms with van der Waals surface area (Å²) >= 11 is 0. The van der Waals surface area contributed by atoms with Crippen LogP contribution in [0, 0.1) is 13.8 Å². The van der Waals surface area contributed by atoms with Gasteiger partial charge < -0.3 is 4.74 Å². The molecule has 1 aromatic rings. The maximum Gasteiger partial charge on any atom is 0.310 e. The van der Waals surface area contributed by atoms with Crippen LogP contribution in [0.2, 0.25) is 0 Å². The maximum atomic E-state index is 11.4. The first-order chi connectivity index (χ1) is 6.50. The van der Waals surface area contributed by atoms with Crippen molar-refractivity contribution in [3.63, 3.8) is 0 Å². The Hall–Kier alpha value is -1.32.